The Labute approximate surface area is 157 Å². The molecule has 3 aromatic rings. The second-order valence-corrected chi connectivity index (χ2v) is 6.44. The second-order valence-electron chi connectivity index (χ2n) is 6.44. The van der Waals surface area contributed by atoms with E-state index < -0.39 is 0 Å². The van der Waals surface area contributed by atoms with Gasteiger partial charge in [0.2, 0.25) is 0 Å². The van der Waals surface area contributed by atoms with Gasteiger partial charge in [0, 0.05) is 24.7 Å². The standard InChI is InChI=1S/C21H21N3O3/c25-19(24-27-20-10-3-4-13-26-20)12-11-15-6-5-7-16(14-15)21-22-17-8-1-2-9-18(17)23-21/h1-2,5-9,11-12,14,20H,3-4,10,13H2,(H,22,23)(H,24,25). The number of nitrogens with one attached hydrogen (secondary N) is 2. The van der Waals surface area contributed by atoms with Crippen LogP contribution >= 0.6 is 0 Å². The van der Waals surface area contributed by atoms with Gasteiger partial charge in [-0.2, -0.15) is 0 Å². The van der Waals surface area contributed by atoms with Crippen molar-refractivity contribution in [1.29, 1.82) is 0 Å². The zero-order valence-electron chi connectivity index (χ0n) is 14.9. The van der Waals surface area contributed by atoms with Gasteiger partial charge < -0.3 is 9.72 Å². The Hall–Kier alpha value is -2.96. The molecular formula is C21H21N3O3. The molecule has 1 aromatic heterocycles. The fraction of sp³-hybridized carbons (Fsp3) is 0.238. The highest BCUT2D eigenvalue weighted by Crippen LogP contribution is 2.21. The summed E-state index contributed by atoms with van der Waals surface area (Å²) < 4.78 is 5.41. The summed E-state index contributed by atoms with van der Waals surface area (Å²) in [7, 11) is 0. The first-order valence-electron chi connectivity index (χ1n) is 9.08. The number of carbonyl (C=O) groups excluding carboxylic acids is 1. The number of para-hydroxylation sites is 2. The van der Waals surface area contributed by atoms with Gasteiger partial charge >= 0.3 is 0 Å². The Morgan fingerprint density at radius 3 is 3.00 bits per heavy atom. The zero-order chi connectivity index (χ0) is 18.5. The van der Waals surface area contributed by atoms with Crippen LogP contribution < -0.4 is 5.48 Å². The Morgan fingerprint density at radius 1 is 1.22 bits per heavy atom. The van der Waals surface area contributed by atoms with E-state index in [4.69, 9.17) is 9.57 Å². The maximum Gasteiger partial charge on any atom is 0.267 e. The molecule has 6 nitrogen and oxygen atoms in total. The highest BCUT2D eigenvalue weighted by Gasteiger charge is 2.14. The lowest BCUT2D eigenvalue weighted by atomic mass is 10.1. The molecule has 2 N–H and O–H groups in total. The van der Waals surface area contributed by atoms with E-state index in [0.717, 1.165) is 47.2 Å². The third-order valence-electron chi connectivity index (χ3n) is 4.41. The first kappa shape index (κ1) is 17.5. The van der Waals surface area contributed by atoms with Crippen LogP contribution in [0.1, 0.15) is 24.8 Å². The molecule has 0 bridgehead atoms. The number of imidazole rings is 1. The molecule has 4 rings (SSSR count). The van der Waals surface area contributed by atoms with Crippen LogP contribution in [-0.4, -0.2) is 28.8 Å². The van der Waals surface area contributed by atoms with Crippen LogP contribution in [0.3, 0.4) is 0 Å². The smallest absolute Gasteiger partial charge is 0.267 e. The number of aromatic amines is 1. The largest absolute Gasteiger partial charge is 0.350 e. The van der Waals surface area contributed by atoms with Gasteiger partial charge in [-0.15, -0.1) is 0 Å². The minimum Gasteiger partial charge on any atom is -0.350 e. The summed E-state index contributed by atoms with van der Waals surface area (Å²) in [5.41, 5.74) is 6.20. The average molecular weight is 363 g/mol. The Balaban J connectivity index is 1.41. The van der Waals surface area contributed by atoms with Crippen molar-refractivity contribution in [3.63, 3.8) is 0 Å². The van der Waals surface area contributed by atoms with Crippen molar-refractivity contribution in [2.45, 2.75) is 25.6 Å². The van der Waals surface area contributed by atoms with Gasteiger partial charge in [-0.05, 0) is 42.7 Å². The van der Waals surface area contributed by atoms with Crippen molar-refractivity contribution in [2.24, 2.45) is 0 Å². The fourth-order valence-corrected chi connectivity index (χ4v) is 3.01. The van der Waals surface area contributed by atoms with E-state index in [9.17, 15) is 4.79 Å². The quantitative estimate of drug-likeness (QED) is 0.534. The van der Waals surface area contributed by atoms with E-state index in [-0.39, 0.29) is 12.2 Å². The van der Waals surface area contributed by atoms with Crippen LogP contribution in [0.25, 0.3) is 28.5 Å². The van der Waals surface area contributed by atoms with Crippen molar-refractivity contribution in [1.82, 2.24) is 15.4 Å². The van der Waals surface area contributed by atoms with Gasteiger partial charge in [-0.25, -0.2) is 15.3 Å². The van der Waals surface area contributed by atoms with Crippen LogP contribution in [0, 0.1) is 0 Å². The molecule has 27 heavy (non-hydrogen) atoms. The summed E-state index contributed by atoms with van der Waals surface area (Å²) in [6.07, 6.45) is 5.71. The number of hydroxylamine groups is 1. The zero-order valence-corrected chi connectivity index (χ0v) is 14.9. The summed E-state index contributed by atoms with van der Waals surface area (Å²) >= 11 is 0. The van der Waals surface area contributed by atoms with E-state index in [1.54, 1.807) is 6.08 Å². The van der Waals surface area contributed by atoms with E-state index >= 15 is 0 Å². The van der Waals surface area contributed by atoms with Gasteiger partial charge in [0.1, 0.15) is 5.82 Å². The summed E-state index contributed by atoms with van der Waals surface area (Å²) in [5, 5.41) is 0. The Morgan fingerprint density at radius 2 is 2.15 bits per heavy atom. The second kappa shape index (κ2) is 8.16. The van der Waals surface area contributed by atoms with Crippen LogP contribution in [0.15, 0.2) is 54.6 Å². The number of ether oxygens (including phenoxy) is 1. The number of rotatable bonds is 5. The van der Waals surface area contributed by atoms with Crippen molar-refractivity contribution >= 4 is 23.0 Å². The fourth-order valence-electron chi connectivity index (χ4n) is 3.01. The maximum atomic E-state index is 11.9. The van der Waals surface area contributed by atoms with E-state index in [1.165, 1.54) is 6.08 Å². The maximum absolute atomic E-state index is 11.9. The molecule has 1 atom stereocenters. The molecule has 1 unspecified atom stereocenters. The molecule has 1 aliphatic rings. The minimum atomic E-state index is -0.354. The molecular weight excluding hydrogens is 342 g/mol. The molecule has 1 aliphatic heterocycles. The summed E-state index contributed by atoms with van der Waals surface area (Å²) in [6.45, 7) is 0.672. The predicted molar refractivity (Wildman–Crippen MR) is 103 cm³/mol. The van der Waals surface area contributed by atoms with E-state index in [2.05, 4.69) is 15.4 Å². The number of aromatic nitrogens is 2. The van der Waals surface area contributed by atoms with Gasteiger partial charge in [-0.1, -0.05) is 30.3 Å². The lowest BCUT2D eigenvalue weighted by Crippen LogP contribution is -2.32. The molecule has 1 amide bonds. The Kier molecular flexibility index (Phi) is 5.27. The molecule has 1 fully saturated rings. The van der Waals surface area contributed by atoms with Crippen molar-refractivity contribution in [2.75, 3.05) is 6.61 Å². The molecule has 2 aromatic carbocycles. The van der Waals surface area contributed by atoms with Crippen LogP contribution in [0.2, 0.25) is 0 Å². The molecule has 6 heteroatoms. The van der Waals surface area contributed by atoms with E-state index in [0.29, 0.717) is 6.61 Å². The minimum absolute atomic E-state index is 0.321. The van der Waals surface area contributed by atoms with Crippen molar-refractivity contribution in [3.05, 3.63) is 60.2 Å². The number of carbonyl (C=O) groups is 1. The lowest BCUT2D eigenvalue weighted by Gasteiger charge is -2.21. The number of fused-ring (bicyclic) bond motifs is 1. The van der Waals surface area contributed by atoms with Gasteiger partial charge in [0.15, 0.2) is 6.29 Å². The number of amides is 1. The van der Waals surface area contributed by atoms with Crippen LogP contribution in [0.4, 0.5) is 0 Å². The normalized spacial score (nSPS) is 17.4. The monoisotopic (exact) mass is 363 g/mol. The van der Waals surface area contributed by atoms with Crippen molar-refractivity contribution < 1.29 is 14.4 Å². The SMILES string of the molecule is O=C(C=Cc1cccc(-c2nc3ccccc3[nH]2)c1)NOC1CCCCO1. The number of nitrogens with zero attached hydrogens (tertiary/aromatic N) is 1. The number of H-pyrrole nitrogens is 1. The molecule has 2 heterocycles. The summed E-state index contributed by atoms with van der Waals surface area (Å²) in [5.74, 6) is 0.479. The number of hydrogen-bond donors (Lipinski definition) is 2. The van der Waals surface area contributed by atoms with Gasteiger partial charge in [0.05, 0.1) is 11.0 Å². The first-order chi connectivity index (χ1) is 13.3. The predicted octanol–water partition coefficient (Wildman–Crippen LogP) is 3.82. The molecule has 0 radical (unpaired) electrons. The molecule has 0 saturated carbocycles. The summed E-state index contributed by atoms with van der Waals surface area (Å²) in [6, 6.07) is 15.7. The van der Waals surface area contributed by atoms with Gasteiger partial charge in [0.25, 0.3) is 5.91 Å². The highest BCUT2D eigenvalue weighted by molar-refractivity contribution is 5.91. The van der Waals surface area contributed by atoms with Crippen LogP contribution in [-0.2, 0) is 14.4 Å². The lowest BCUT2D eigenvalue weighted by molar-refractivity contribution is -0.198. The van der Waals surface area contributed by atoms with Gasteiger partial charge in [-0.3, -0.25) is 4.79 Å². The van der Waals surface area contributed by atoms with Crippen LogP contribution in [0.5, 0.6) is 0 Å². The summed E-state index contributed by atoms with van der Waals surface area (Å²) in [4.78, 5) is 25.1. The third-order valence-corrected chi connectivity index (χ3v) is 4.41. The number of hydrogen-bond acceptors (Lipinski definition) is 4. The molecule has 0 spiro atoms. The van der Waals surface area contributed by atoms with Crippen molar-refractivity contribution in [3.8, 4) is 11.4 Å². The highest BCUT2D eigenvalue weighted by atomic mass is 16.8. The topological polar surface area (TPSA) is 76.2 Å². The Bertz CT molecular complexity index is 925. The average Bonchev–Trinajstić information content (AvgIpc) is 3.16. The van der Waals surface area contributed by atoms with E-state index in [1.807, 2.05) is 48.5 Å². The third kappa shape index (κ3) is 4.42. The number of benzene rings is 2. The molecule has 1 saturated heterocycles. The first-order valence-corrected chi connectivity index (χ1v) is 9.08. The molecule has 138 valence electrons. The molecule has 0 aliphatic carbocycles.